The second-order valence-corrected chi connectivity index (χ2v) is 8.52. The van der Waals surface area contributed by atoms with Crippen molar-refractivity contribution in [2.24, 2.45) is 0 Å². The maximum atomic E-state index is 15.6. The van der Waals surface area contributed by atoms with Crippen molar-refractivity contribution >= 4 is 27.8 Å². The van der Waals surface area contributed by atoms with Crippen LogP contribution < -0.4 is 0 Å². The fourth-order valence-electron chi connectivity index (χ4n) is 4.81. The summed E-state index contributed by atoms with van der Waals surface area (Å²) in [6.45, 7) is 2.46. The molecule has 6 nitrogen and oxygen atoms in total. The van der Waals surface area contributed by atoms with Crippen molar-refractivity contribution in [1.29, 1.82) is 0 Å². The zero-order chi connectivity index (χ0) is 23.3. The number of H-pyrrole nitrogens is 1. The van der Waals surface area contributed by atoms with Crippen LogP contribution in [0.2, 0.25) is 0 Å². The second kappa shape index (κ2) is 7.91. The first-order valence-electron chi connectivity index (χ1n) is 10.7. The summed E-state index contributed by atoms with van der Waals surface area (Å²) in [6, 6.07) is 7.85. The molecule has 0 radical (unpaired) electrons. The Morgan fingerprint density at radius 2 is 2.03 bits per heavy atom. The Morgan fingerprint density at radius 1 is 1.27 bits per heavy atom. The zero-order valence-corrected chi connectivity index (χ0v) is 17.9. The minimum atomic E-state index is -3.62. The first-order chi connectivity index (χ1) is 15.8. The molecule has 9 heteroatoms. The predicted molar refractivity (Wildman–Crippen MR) is 117 cm³/mol. The molecule has 4 aromatic rings. The minimum absolute atomic E-state index is 0.251. The van der Waals surface area contributed by atoms with Gasteiger partial charge in [-0.25, -0.2) is 13.2 Å². The molecule has 2 aromatic carbocycles. The first-order valence-corrected chi connectivity index (χ1v) is 10.7. The SMILES string of the molecule is Cc1cc(-n2c(C3CCOCC3)c(C(F)(F)CC(=O)O)c3cc4[nH]ncc4cc32)ccc1F. The molecule has 3 heterocycles. The second-order valence-electron chi connectivity index (χ2n) is 8.52. The van der Waals surface area contributed by atoms with Gasteiger partial charge in [0.2, 0.25) is 0 Å². The molecule has 0 atom stereocenters. The molecule has 0 saturated carbocycles. The number of aromatic nitrogens is 3. The Balaban J connectivity index is 1.91. The van der Waals surface area contributed by atoms with E-state index in [1.807, 2.05) is 0 Å². The van der Waals surface area contributed by atoms with Crippen LogP contribution in [0.3, 0.4) is 0 Å². The number of halogens is 3. The fourth-order valence-corrected chi connectivity index (χ4v) is 4.81. The lowest BCUT2D eigenvalue weighted by Crippen LogP contribution is -2.24. The quantitative estimate of drug-likeness (QED) is 0.420. The van der Waals surface area contributed by atoms with Gasteiger partial charge >= 0.3 is 5.97 Å². The van der Waals surface area contributed by atoms with E-state index in [4.69, 9.17) is 4.74 Å². The summed E-state index contributed by atoms with van der Waals surface area (Å²) in [5, 5.41) is 17.0. The van der Waals surface area contributed by atoms with E-state index in [1.165, 1.54) is 6.07 Å². The monoisotopic (exact) mass is 457 g/mol. The van der Waals surface area contributed by atoms with Crippen molar-refractivity contribution in [2.75, 3.05) is 13.2 Å². The number of carbonyl (C=O) groups is 1. The Kier molecular flexibility index (Phi) is 5.16. The van der Waals surface area contributed by atoms with Gasteiger partial charge in [0.1, 0.15) is 12.2 Å². The van der Waals surface area contributed by atoms with E-state index in [0.717, 1.165) is 5.39 Å². The summed E-state index contributed by atoms with van der Waals surface area (Å²) in [5.41, 5.74) is 2.05. The number of nitrogens with zero attached hydrogens (tertiary/aromatic N) is 2. The van der Waals surface area contributed by atoms with E-state index in [2.05, 4.69) is 10.2 Å². The maximum absolute atomic E-state index is 15.6. The van der Waals surface area contributed by atoms with Crippen LogP contribution in [-0.2, 0) is 15.5 Å². The Morgan fingerprint density at radius 3 is 2.73 bits per heavy atom. The lowest BCUT2D eigenvalue weighted by molar-refractivity contribution is -0.145. The van der Waals surface area contributed by atoms with Gasteiger partial charge in [0.25, 0.3) is 5.92 Å². The number of aliphatic carboxylic acids is 1. The van der Waals surface area contributed by atoms with E-state index in [0.29, 0.717) is 54.0 Å². The van der Waals surface area contributed by atoms with Crippen LogP contribution in [0.15, 0.2) is 36.5 Å². The Labute approximate surface area is 187 Å². The molecule has 2 aromatic heterocycles. The number of aryl methyl sites for hydroxylation is 1. The summed E-state index contributed by atoms with van der Waals surface area (Å²) < 4.78 is 52.5. The van der Waals surface area contributed by atoms with Gasteiger partial charge in [-0.15, -0.1) is 0 Å². The van der Waals surface area contributed by atoms with Crippen LogP contribution in [0.25, 0.3) is 27.5 Å². The molecule has 1 saturated heterocycles. The molecule has 1 fully saturated rings. The highest BCUT2D eigenvalue weighted by Gasteiger charge is 2.43. The lowest BCUT2D eigenvalue weighted by atomic mass is 9.89. The van der Waals surface area contributed by atoms with Gasteiger partial charge in [-0.2, -0.15) is 5.10 Å². The lowest BCUT2D eigenvalue weighted by Gasteiger charge is -2.27. The predicted octanol–water partition coefficient (Wildman–Crippen LogP) is 5.41. The van der Waals surface area contributed by atoms with Gasteiger partial charge in [0.05, 0.1) is 22.8 Å². The van der Waals surface area contributed by atoms with E-state index in [9.17, 15) is 14.3 Å². The largest absolute Gasteiger partial charge is 0.481 e. The molecule has 1 aliphatic rings. The molecule has 5 rings (SSSR count). The highest BCUT2D eigenvalue weighted by Crippen LogP contribution is 2.47. The van der Waals surface area contributed by atoms with Gasteiger partial charge < -0.3 is 14.4 Å². The van der Waals surface area contributed by atoms with Crippen molar-refractivity contribution < 1.29 is 27.8 Å². The molecule has 172 valence electrons. The van der Waals surface area contributed by atoms with Crippen LogP contribution in [-0.4, -0.2) is 39.1 Å². The van der Waals surface area contributed by atoms with Gasteiger partial charge in [-0.05, 0) is 55.7 Å². The van der Waals surface area contributed by atoms with Crippen molar-refractivity contribution in [3.8, 4) is 5.69 Å². The fraction of sp³-hybridized carbons (Fsp3) is 0.333. The highest BCUT2D eigenvalue weighted by atomic mass is 19.3. The number of ether oxygens (including phenoxy) is 1. The first kappa shape index (κ1) is 21.5. The number of rotatable bonds is 5. The zero-order valence-electron chi connectivity index (χ0n) is 17.9. The van der Waals surface area contributed by atoms with Crippen LogP contribution in [0, 0.1) is 12.7 Å². The highest BCUT2D eigenvalue weighted by molar-refractivity contribution is 5.99. The molecule has 1 aliphatic heterocycles. The van der Waals surface area contributed by atoms with E-state index in [1.54, 1.807) is 42.0 Å². The summed E-state index contributed by atoms with van der Waals surface area (Å²) in [6.07, 6.45) is 1.31. The molecule has 0 bridgehead atoms. The van der Waals surface area contributed by atoms with E-state index < -0.39 is 24.1 Å². The summed E-state index contributed by atoms with van der Waals surface area (Å²) in [7, 11) is 0. The number of carboxylic acid groups (broad SMARTS) is 1. The molecule has 33 heavy (non-hydrogen) atoms. The number of carboxylic acids is 1. The van der Waals surface area contributed by atoms with Crippen LogP contribution in [0.1, 0.15) is 42.0 Å². The van der Waals surface area contributed by atoms with Gasteiger partial charge in [-0.3, -0.25) is 9.89 Å². The van der Waals surface area contributed by atoms with Crippen LogP contribution >= 0.6 is 0 Å². The molecule has 0 amide bonds. The van der Waals surface area contributed by atoms with E-state index >= 15 is 8.78 Å². The van der Waals surface area contributed by atoms with Gasteiger partial charge in [-0.1, -0.05) is 0 Å². The van der Waals surface area contributed by atoms with Crippen LogP contribution in [0.5, 0.6) is 0 Å². The third-order valence-electron chi connectivity index (χ3n) is 6.31. The number of fused-ring (bicyclic) bond motifs is 2. The average molecular weight is 457 g/mol. The third kappa shape index (κ3) is 3.66. The third-order valence-corrected chi connectivity index (χ3v) is 6.31. The van der Waals surface area contributed by atoms with Crippen molar-refractivity contribution in [1.82, 2.24) is 14.8 Å². The number of aromatic amines is 1. The average Bonchev–Trinajstić information content (AvgIpc) is 3.35. The van der Waals surface area contributed by atoms with Crippen molar-refractivity contribution in [3.63, 3.8) is 0 Å². The topological polar surface area (TPSA) is 80.1 Å². The Hall–Kier alpha value is -3.33. The van der Waals surface area contributed by atoms with Gasteiger partial charge in [0, 0.05) is 41.3 Å². The summed E-state index contributed by atoms with van der Waals surface area (Å²) >= 11 is 0. The standard InChI is InChI=1S/C24H22F3N3O3/c1-13-8-16(2-3-18(13)25)30-20-9-15-12-28-29-19(15)10-17(20)22(24(26,27)11-21(31)32)23(30)14-4-6-33-7-5-14/h2-3,8-10,12,14H,4-7,11H2,1H3,(H,28,29)(H,31,32). The summed E-state index contributed by atoms with van der Waals surface area (Å²) in [4.78, 5) is 11.4. The molecule has 2 N–H and O–H groups in total. The number of nitrogens with one attached hydrogen (secondary N) is 1. The normalized spacial score (nSPS) is 15.5. The van der Waals surface area contributed by atoms with Crippen molar-refractivity contribution in [3.05, 3.63) is 59.2 Å². The molecule has 0 spiro atoms. The number of alkyl halides is 2. The minimum Gasteiger partial charge on any atom is -0.481 e. The molecular weight excluding hydrogens is 435 g/mol. The smallest absolute Gasteiger partial charge is 0.309 e. The molecule has 0 aliphatic carbocycles. The van der Waals surface area contributed by atoms with E-state index in [-0.39, 0.29) is 16.9 Å². The van der Waals surface area contributed by atoms with Crippen molar-refractivity contribution in [2.45, 2.75) is 38.0 Å². The summed E-state index contributed by atoms with van der Waals surface area (Å²) in [5.74, 6) is -5.87. The van der Waals surface area contributed by atoms with Crippen LogP contribution in [0.4, 0.5) is 13.2 Å². The molecule has 0 unspecified atom stereocenters. The number of hydrogen-bond acceptors (Lipinski definition) is 3. The Bertz CT molecular complexity index is 1370. The maximum Gasteiger partial charge on any atom is 0.309 e. The number of benzene rings is 2. The van der Waals surface area contributed by atoms with Gasteiger partial charge in [0.15, 0.2) is 0 Å². The molecular formula is C24H22F3N3O3. The number of hydrogen-bond donors (Lipinski definition) is 2.